The van der Waals surface area contributed by atoms with Crippen LogP contribution >= 0.6 is 11.6 Å². The molecule has 1 atom stereocenters. The van der Waals surface area contributed by atoms with Gasteiger partial charge in [-0.1, -0.05) is 23.7 Å². The first kappa shape index (κ1) is 14.4. The van der Waals surface area contributed by atoms with E-state index in [9.17, 15) is 4.39 Å². The van der Waals surface area contributed by atoms with E-state index in [1.165, 1.54) is 12.1 Å². The molecule has 0 amide bonds. The summed E-state index contributed by atoms with van der Waals surface area (Å²) in [7, 11) is 0. The molecule has 0 spiro atoms. The van der Waals surface area contributed by atoms with Crippen LogP contribution in [0.4, 0.5) is 4.39 Å². The lowest BCUT2D eigenvalue weighted by atomic mass is 9.84. The van der Waals surface area contributed by atoms with Crippen LogP contribution in [0.2, 0.25) is 5.02 Å². The van der Waals surface area contributed by atoms with Gasteiger partial charge in [-0.15, -0.1) is 0 Å². The topological polar surface area (TPSA) is 21.8 Å². The van der Waals surface area contributed by atoms with Crippen LogP contribution in [-0.2, 0) is 10.3 Å². The van der Waals surface area contributed by atoms with Crippen LogP contribution in [0.3, 0.4) is 0 Å². The average Bonchev–Trinajstić information content (AvgIpc) is 3.24. The minimum Gasteiger partial charge on any atom is -0.484 e. The van der Waals surface area contributed by atoms with Crippen molar-refractivity contribution in [2.24, 2.45) is 0 Å². The third-order valence-corrected chi connectivity index (χ3v) is 4.15. The molecule has 0 aromatic heterocycles. The fraction of sp³-hybridized carbons (Fsp3) is 0.294. The Morgan fingerprint density at radius 2 is 1.67 bits per heavy atom. The Hall–Kier alpha value is -1.58. The number of epoxide rings is 1. The van der Waals surface area contributed by atoms with Gasteiger partial charge in [-0.25, -0.2) is 4.39 Å². The monoisotopic (exact) mass is 306 g/mol. The molecule has 1 heterocycles. The number of rotatable bonds is 4. The number of hydrogen-bond donors (Lipinski definition) is 0. The first-order chi connectivity index (χ1) is 9.93. The van der Waals surface area contributed by atoms with Crippen molar-refractivity contribution in [2.45, 2.75) is 25.0 Å². The summed E-state index contributed by atoms with van der Waals surface area (Å²) < 4.78 is 24.9. The largest absolute Gasteiger partial charge is 0.484 e. The second-order valence-corrected chi connectivity index (χ2v) is 6.13. The zero-order chi connectivity index (χ0) is 15.1. The predicted octanol–water partition coefficient (Wildman–Crippen LogP) is 4.56. The van der Waals surface area contributed by atoms with Crippen molar-refractivity contribution < 1.29 is 13.9 Å². The molecule has 110 valence electrons. The molecule has 1 saturated heterocycles. The molecule has 2 aromatic rings. The molecule has 4 heteroatoms. The van der Waals surface area contributed by atoms with Gasteiger partial charge in [0.2, 0.25) is 0 Å². The molecular weight excluding hydrogens is 291 g/mol. The Morgan fingerprint density at radius 3 is 2.19 bits per heavy atom. The maximum absolute atomic E-state index is 13.1. The van der Waals surface area contributed by atoms with Gasteiger partial charge in [0.25, 0.3) is 0 Å². The van der Waals surface area contributed by atoms with Gasteiger partial charge in [0, 0.05) is 5.02 Å². The molecule has 1 fully saturated rings. The normalized spacial score (nSPS) is 21.1. The van der Waals surface area contributed by atoms with Crippen molar-refractivity contribution in [2.75, 3.05) is 6.61 Å². The molecule has 0 bridgehead atoms. The van der Waals surface area contributed by atoms with Crippen LogP contribution in [0.1, 0.15) is 19.4 Å². The number of halogens is 2. The lowest BCUT2D eigenvalue weighted by molar-refractivity contribution is 0.0153. The summed E-state index contributed by atoms with van der Waals surface area (Å²) in [6, 6.07) is 13.6. The maximum atomic E-state index is 13.1. The Labute approximate surface area is 128 Å². The van der Waals surface area contributed by atoms with Gasteiger partial charge < -0.3 is 9.47 Å². The van der Waals surface area contributed by atoms with Crippen LogP contribution in [-0.4, -0.2) is 12.2 Å². The fourth-order valence-electron chi connectivity index (χ4n) is 2.53. The van der Waals surface area contributed by atoms with E-state index in [1.807, 2.05) is 26.0 Å². The fourth-order valence-corrected chi connectivity index (χ4v) is 2.66. The van der Waals surface area contributed by atoms with Crippen molar-refractivity contribution in [1.29, 1.82) is 0 Å². The highest BCUT2D eigenvalue weighted by atomic mass is 35.5. The van der Waals surface area contributed by atoms with Crippen molar-refractivity contribution in [3.05, 3.63) is 64.9 Å². The summed E-state index contributed by atoms with van der Waals surface area (Å²) in [6.45, 7) is 4.50. The summed E-state index contributed by atoms with van der Waals surface area (Å²) in [4.78, 5) is 0. The van der Waals surface area contributed by atoms with Gasteiger partial charge in [0.05, 0.1) is 6.61 Å². The summed E-state index contributed by atoms with van der Waals surface area (Å²) >= 11 is 5.88. The molecule has 2 aromatic carbocycles. The average molecular weight is 307 g/mol. The molecule has 0 radical (unpaired) electrons. The number of ether oxygens (including phenoxy) is 2. The Kier molecular flexibility index (Phi) is 3.42. The van der Waals surface area contributed by atoms with Crippen molar-refractivity contribution in [3.8, 4) is 5.75 Å². The van der Waals surface area contributed by atoms with Gasteiger partial charge >= 0.3 is 0 Å². The summed E-state index contributed by atoms with van der Waals surface area (Å²) in [6.07, 6.45) is 0. The lowest BCUT2D eigenvalue weighted by Gasteiger charge is -2.33. The zero-order valence-corrected chi connectivity index (χ0v) is 12.7. The van der Waals surface area contributed by atoms with E-state index in [2.05, 4.69) is 0 Å². The summed E-state index contributed by atoms with van der Waals surface area (Å²) in [5.74, 6) is 0.465. The SMILES string of the molecule is CC(C)(Oc1ccc(Cl)cc1)C1(c2ccc(F)cc2)CO1. The van der Waals surface area contributed by atoms with Crippen molar-refractivity contribution in [3.63, 3.8) is 0 Å². The van der Waals surface area contributed by atoms with Gasteiger partial charge in [-0.2, -0.15) is 0 Å². The maximum Gasteiger partial charge on any atom is 0.155 e. The van der Waals surface area contributed by atoms with E-state index in [4.69, 9.17) is 21.1 Å². The highest BCUT2D eigenvalue weighted by Crippen LogP contribution is 2.49. The van der Waals surface area contributed by atoms with Crippen LogP contribution < -0.4 is 4.74 Å². The van der Waals surface area contributed by atoms with Crippen molar-refractivity contribution in [1.82, 2.24) is 0 Å². The van der Waals surface area contributed by atoms with E-state index < -0.39 is 11.2 Å². The highest BCUT2D eigenvalue weighted by Gasteiger charge is 2.60. The first-order valence-electron chi connectivity index (χ1n) is 6.78. The van der Waals surface area contributed by atoms with Gasteiger partial charge in [0.15, 0.2) is 5.60 Å². The number of benzene rings is 2. The third-order valence-electron chi connectivity index (χ3n) is 3.90. The molecule has 1 aliphatic rings. The molecule has 3 rings (SSSR count). The molecule has 21 heavy (non-hydrogen) atoms. The second-order valence-electron chi connectivity index (χ2n) is 5.69. The van der Waals surface area contributed by atoms with Gasteiger partial charge in [0.1, 0.15) is 17.2 Å². The van der Waals surface area contributed by atoms with E-state index >= 15 is 0 Å². The number of hydrogen-bond acceptors (Lipinski definition) is 2. The van der Waals surface area contributed by atoms with Gasteiger partial charge in [-0.3, -0.25) is 0 Å². The minimum atomic E-state index is -0.585. The standard InChI is InChI=1S/C17H16ClFO2/c1-16(2,21-15-9-5-13(18)6-10-15)17(11-20-17)12-3-7-14(19)8-4-12/h3-10H,11H2,1-2H3. The minimum absolute atomic E-state index is 0.258. The predicted molar refractivity (Wildman–Crippen MR) is 80.2 cm³/mol. The highest BCUT2D eigenvalue weighted by molar-refractivity contribution is 6.30. The summed E-state index contributed by atoms with van der Waals surface area (Å²) in [5.41, 5.74) is -0.207. The van der Waals surface area contributed by atoms with E-state index in [1.54, 1.807) is 24.3 Å². The Morgan fingerprint density at radius 1 is 1.10 bits per heavy atom. The van der Waals surface area contributed by atoms with Crippen LogP contribution in [0.25, 0.3) is 0 Å². The second kappa shape index (κ2) is 5.00. The Balaban J connectivity index is 1.86. The first-order valence-corrected chi connectivity index (χ1v) is 7.15. The molecule has 0 N–H and O–H groups in total. The molecular formula is C17H16ClFO2. The van der Waals surface area contributed by atoms with E-state index in [-0.39, 0.29) is 5.82 Å². The van der Waals surface area contributed by atoms with Crippen molar-refractivity contribution >= 4 is 11.6 Å². The molecule has 2 nitrogen and oxygen atoms in total. The molecule has 1 unspecified atom stereocenters. The van der Waals surface area contributed by atoms with Gasteiger partial charge in [-0.05, 0) is 55.8 Å². The van der Waals surface area contributed by atoms with Crippen LogP contribution in [0.5, 0.6) is 5.75 Å². The lowest BCUT2D eigenvalue weighted by Crippen LogP contribution is -2.43. The Bertz CT molecular complexity index is 631. The van der Waals surface area contributed by atoms with E-state index in [0.717, 1.165) is 11.3 Å². The van der Waals surface area contributed by atoms with Crippen LogP contribution in [0.15, 0.2) is 48.5 Å². The molecule has 0 aliphatic carbocycles. The molecule has 0 saturated carbocycles. The van der Waals surface area contributed by atoms with Crippen LogP contribution in [0, 0.1) is 5.82 Å². The summed E-state index contributed by atoms with van der Waals surface area (Å²) in [5, 5.41) is 0.663. The molecule has 1 aliphatic heterocycles. The van der Waals surface area contributed by atoms with E-state index in [0.29, 0.717) is 11.6 Å². The quantitative estimate of drug-likeness (QED) is 0.772. The zero-order valence-electron chi connectivity index (χ0n) is 11.9. The smallest absolute Gasteiger partial charge is 0.155 e. The third kappa shape index (κ3) is 2.63.